The summed E-state index contributed by atoms with van der Waals surface area (Å²) in [6.07, 6.45) is 10.8. The van der Waals surface area contributed by atoms with Crippen molar-refractivity contribution in [1.29, 1.82) is 0 Å². The summed E-state index contributed by atoms with van der Waals surface area (Å²) in [7, 11) is 2.10. The smallest absolute Gasteiger partial charge is 0.0869 e. The van der Waals surface area contributed by atoms with E-state index in [1.807, 2.05) is 12.1 Å². The fourth-order valence-corrected chi connectivity index (χ4v) is 3.25. The number of ether oxygens (including phenoxy) is 1. The van der Waals surface area contributed by atoms with Crippen LogP contribution in [0.3, 0.4) is 0 Å². The van der Waals surface area contributed by atoms with E-state index < -0.39 is 0 Å². The van der Waals surface area contributed by atoms with Gasteiger partial charge in [0, 0.05) is 43.9 Å². The average molecular weight is 375 g/mol. The Morgan fingerprint density at radius 2 is 2.08 bits per heavy atom. The van der Waals surface area contributed by atoms with Crippen LogP contribution in [0.1, 0.15) is 19.4 Å². The molecule has 0 atom stereocenters. The molecule has 0 aliphatic carbocycles. The number of hydrogen-bond donors (Lipinski definition) is 1. The highest BCUT2D eigenvalue weighted by molar-refractivity contribution is 8.02. The van der Waals surface area contributed by atoms with Crippen LogP contribution >= 0.6 is 11.8 Å². The van der Waals surface area contributed by atoms with E-state index in [-0.39, 0.29) is 0 Å². The van der Waals surface area contributed by atoms with E-state index in [2.05, 4.69) is 60.5 Å². The topological polar surface area (TPSA) is 54.1 Å². The van der Waals surface area contributed by atoms with Crippen LogP contribution in [-0.2, 0) is 11.2 Å². The van der Waals surface area contributed by atoms with E-state index in [0.29, 0.717) is 12.2 Å². The molecule has 1 saturated heterocycles. The number of nitrogens with two attached hydrogens (primary N) is 1. The number of benzene rings is 1. The zero-order chi connectivity index (χ0) is 18.9. The highest BCUT2D eigenvalue weighted by Gasteiger charge is 2.30. The van der Waals surface area contributed by atoms with Crippen LogP contribution in [0, 0.1) is 0 Å². The molecule has 1 aliphatic rings. The summed E-state index contributed by atoms with van der Waals surface area (Å²) in [5.41, 5.74) is 7.50. The third kappa shape index (κ3) is 6.52. The largest absolute Gasteiger partial charge is 0.405 e. The van der Waals surface area contributed by atoms with Crippen molar-refractivity contribution < 1.29 is 4.74 Å². The Hall–Kier alpha value is -1.76. The van der Waals surface area contributed by atoms with Gasteiger partial charge >= 0.3 is 0 Å². The number of nitrogens with zero attached hydrogens (tertiary/aromatic N) is 3. The Balaban J connectivity index is 1.89. The Kier molecular flexibility index (Phi) is 8.22. The maximum Gasteiger partial charge on any atom is 0.0869 e. The molecule has 1 aromatic rings. The lowest BCUT2D eigenvalue weighted by Gasteiger charge is -2.44. The van der Waals surface area contributed by atoms with Gasteiger partial charge in [0.15, 0.2) is 0 Å². The van der Waals surface area contributed by atoms with Crippen molar-refractivity contribution >= 4 is 23.7 Å². The van der Waals surface area contributed by atoms with Gasteiger partial charge in [0.2, 0.25) is 0 Å². The highest BCUT2D eigenvalue weighted by Crippen LogP contribution is 2.23. The Morgan fingerprint density at radius 3 is 2.65 bits per heavy atom. The van der Waals surface area contributed by atoms with Gasteiger partial charge in [-0.25, -0.2) is 5.01 Å². The number of aliphatic imine (C=N–C) groups is 1. The molecular weight excluding hydrogens is 344 g/mol. The van der Waals surface area contributed by atoms with Crippen LogP contribution in [0.25, 0.3) is 0 Å². The molecule has 1 aliphatic heterocycles. The minimum atomic E-state index is 0.295. The molecule has 1 fully saturated rings. The highest BCUT2D eigenvalue weighted by atomic mass is 32.2. The van der Waals surface area contributed by atoms with Crippen LogP contribution in [-0.4, -0.2) is 54.8 Å². The van der Waals surface area contributed by atoms with E-state index in [0.717, 1.165) is 25.2 Å². The van der Waals surface area contributed by atoms with E-state index in [1.165, 1.54) is 16.7 Å². The molecule has 0 unspecified atom stereocenters. The predicted molar refractivity (Wildman–Crippen MR) is 113 cm³/mol. The second kappa shape index (κ2) is 10.4. The molecule has 0 saturated carbocycles. The zero-order valence-electron chi connectivity index (χ0n) is 16.1. The van der Waals surface area contributed by atoms with Crippen molar-refractivity contribution in [1.82, 2.24) is 10.0 Å². The van der Waals surface area contributed by atoms with Crippen molar-refractivity contribution in [2.75, 3.05) is 26.4 Å². The molecule has 1 aromatic carbocycles. The Labute approximate surface area is 161 Å². The van der Waals surface area contributed by atoms with Crippen LogP contribution in [0.15, 0.2) is 52.6 Å². The summed E-state index contributed by atoms with van der Waals surface area (Å²) < 4.78 is 5.82. The van der Waals surface area contributed by atoms with Gasteiger partial charge in [0.25, 0.3) is 0 Å². The number of allylic oxidation sites excluding steroid dienone is 2. The van der Waals surface area contributed by atoms with Gasteiger partial charge in [-0.1, -0.05) is 12.1 Å². The van der Waals surface area contributed by atoms with Crippen molar-refractivity contribution in [2.45, 2.75) is 32.5 Å². The molecule has 0 bridgehead atoms. The molecule has 0 aromatic heterocycles. The summed E-state index contributed by atoms with van der Waals surface area (Å²) in [4.78, 5) is 5.64. The van der Waals surface area contributed by atoms with Gasteiger partial charge in [-0.05, 0) is 50.1 Å². The molecule has 2 rings (SSSR count). The van der Waals surface area contributed by atoms with Crippen LogP contribution in [0.5, 0.6) is 0 Å². The number of thioether (sulfide) groups is 1. The maximum absolute atomic E-state index is 5.82. The van der Waals surface area contributed by atoms with Gasteiger partial charge < -0.3 is 15.5 Å². The van der Waals surface area contributed by atoms with Crippen LogP contribution in [0.4, 0.5) is 5.69 Å². The van der Waals surface area contributed by atoms with Crippen LogP contribution < -0.4 is 5.73 Å². The second-order valence-corrected chi connectivity index (χ2v) is 7.49. The first kappa shape index (κ1) is 20.6. The first-order valence-electron chi connectivity index (χ1n) is 8.89. The van der Waals surface area contributed by atoms with Crippen molar-refractivity contribution in [2.24, 2.45) is 10.7 Å². The summed E-state index contributed by atoms with van der Waals surface area (Å²) in [5.74, 6) is 0. The average Bonchev–Trinajstić information content (AvgIpc) is 2.58. The lowest BCUT2D eigenvalue weighted by Crippen LogP contribution is -2.57. The maximum atomic E-state index is 5.82. The molecule has 0 radical (unpaired) electrons. The number of rotatable bonds is 9. The lowest BCUT2D eigenvalue weighted by atomic mass is 10.1. The SMILES string of the molecule is CS/C(=C\N(C)N1CC(OC(C)C)C1)Cc1ccc(N=CC=CN)cc1. The Morgan fingerprint density at radius 1 is 1.38 bits per heavy atom. The summed E-state index contributed by atoms with van der Waals surface area (Å²) in [6.45, 7) is 6.08. The number of hydrogen-bond acceptors (Lipinski definition) is 6. The summed E-state index contributed by atoms with van der Waals surface area (Å²) in [5, 5.41) is 4.48. The summed E-state index contributed by atoms with van der Waals surface area (Å²) in [6, 6.07) is 8.31. The van der Waals surface area contributed by atoms with E-state index >= 15 is 0 Å². The van der Waals surface area contributed by atoms with Crippen molar-refractivity contribution in [3.8, 4) is 0 Å². The second-order valence-electron chi connectivity index (χ2n) is 6.56. The molecule has 142 valence electrons. The van der Waals surface area contributed by atoms with Crippen molar-refractivity contribution in [3.63, 3.8) is 0 Å². The first-order valence-corrected chi connectivity index (χ1v) is 10.1. The lowest BCUT2D eigenvalue weighted by molar-refractivity contribution is -0.142. The predicted octanol–water partition coefficient (Wildman–Crippen LogP) is 3.56. The molecule has 5 nitrogen and oxygen atoms in total. The van der Waals surface area contributed by atoms with Gasteiger partial charge in [0.1, 0.15) is 0 Å². The normalized spacial score (nSPS) is 16.7. The molecule has 6 heteroatoms. The van der Waals surface area contributed by atoms with E-state index in [9.17, 15) is 0 Å². The fraction of sp³-hybridized carbons (Fsp3) is 0.450. The minimum absolute atomic E-state index is 0.295. The molecular formula is C20H30N4OS. The third-order valence-corrected chi connectivity index (χ3v) is 4.84. The van der Waals surface area contributed by atoms with Gasteiger partial charge in [0.05, 0.1) is 17.9 Å². The standard InChI is InChI=1S/C20H30N4OS/c1-16(2)25-19-13-24(14-19)23(3)15-20(26-4)12-17-6-8-18(9-7-17)22-11-5-10-21/h5-11,15-16,19H,12-14,21H2,1-4H3/b10-5?,20-15-,22-11?. The summed E-state index contributed by atoms with van der Waals surface area (Å²) >= 11 is 1.79. The van der Waals surface area contributed by atoms with E-state index in [4.69, 9.17) is 10.5 Å². The van der Waals surface area contributed by atoms with Crippen LogP contribution in [0.2, 0.25) is 0 Å². The molecule has 26 heavy (non-hydrogen) atoms. The molecule has 0 spiro atoms. The molecule has 1 heterocycles. The van der Waals surface area contributed by atoms with Crippen molar-refractivity contribution in [3.05, 3.63) is 53.2 Å². The zero-order valence-corrected chi connectivity index (χ0v) is 16.9. The third-order valence-electron chi connectivity index (χ3n) is 4.07. The van der Waals surface area contributed by atoms with Gasteiger partial charge in [-0.15, -0.1) is 11.8 Å². The first-order chi connectivity index (χ1) is 12.5. The fourth-order valence-electron chi connectivity index (χ4n) is 2.69. The van der Waals surface area contributed by atoms with E-state index in [1.54, 1.807) is 24.1 Å². The quantitative estimate of drug-likeness (QED) is 0.670. The monoisotopic (exact) mass is 374 g/mol. The van der Waals surface area contributed by atoms with Gasteiger partial charge in [-0.3, -0.25) is 4.99 Å². The molecule has 0 amide bonds. The minimum Gasteiger partial charge on any atom is -0.405 e. The Bertz CT molecular complexity index is 634. The molecule has 2 N–H and O–H groups in total. The number of hydrazine groups is 1. The van der Waals surface area contributed by atoms with Gasteiger partial charge in [-0.2, -0.15) is 0 Å².